The number of aromatic nitrogens is 3. The molecule has 0 fully saturated rings. The minimum Gasteiger partial charge on any atom is -0.465 e. The zero-order chi connectivity index (χ0) is 15.0. The second-order valence-electron chi connectivity index (χ2n) is 4.30. The Hall–Kier alpha value is -2.96. The molecule has 3 aromatic rings. The van der Waals surface area contributed by atoms with Gasteiger partial charge in [0.15, 0.2) is 5.69 Å². The van der Waals surface area contributed by atoms with Crippen LogP contribution < -0.4 is 0 Å². The summed E-state index contributed by atoms with van der Waals surface area (Å²) >= 11 is 0. The number of carbonyl (C=O) groups is 2. The van der Waals surface area contributed by atoms with E-state index in [4.69, 9.17) is 4.74 Å². The van der Waals surface area contributed by atoms with Gasteiger partial charge in [-0.3, -0.25) is 0 Å². The monoisotopic (exact) mass is 285 g/mol. The molecular weight excluding hydrogens is 274 g/mol. The lowest BCUT2D eigenvalue weighted by molar-refractivity contribution is 0.0550. The smallest absolute Gasteiger partial charge is 0.359 e. The van der Waals surface area contributed by atoms with Crippen LogP contribution in [-0.2, 0) is 9.47 Å². The molecule has 106 valence electrons. The molecule has 0 aliphatic rings. The van der Waals surface area contributed by atoms with Gasteiger partial charge in [-0.15, -0.1) is 10.2 Å². The summed E-state index contributed by atoms with van der Waals surface area (Å²) in [5.74, 6) is -1.43. The average molecular weight is 285 g/mol. The molecule has 0 amide bonds. The van der Waals surface area contributed by atoms with Gasteiger partial charge in [-0.25, -0.2) is 9.59 Å². The molecule has 0 aliphatic heterocycles. The van der Waals surface area contributed by atoms with Gasteiger partial charge in [-0.2, -0.15) is 0 Å². The summed E-state index contributed by atoms with van der Waals surface area (Å²) in [5, 5.41) is 8.66. The quantitative estimate of drug-likeness (QED) is 0.720. The molecule has 1 aromatic carbocycles. The van der Waals surface area contributed by atoms with E-state index in [1.54, 1.807) is 0 Å². The number of nitrogens with zero attached hydrogens (tertiary/aromatic N) is 2. The fourth-order valence-corrected chi connectivity index (χ4v) is 2.22. The second-order valence-corrected chi connectivity index (χ2v) is 4.30. The molecule has 0 atom stereocenters. The molecule has 0 unspecified atom stereocenters. The number of fused-ring (bicyclic) bond motifs is 3. The molecular formula is C14H11N3O4. The molecule has 1 N–H and O–H groups in total. The van der Waals surface area contributed by atoms with Crippen LogP contribution >= 0.6 is 0 Å². The Labute approximate surface area is 118 Å². The van der Waals surface area contributed by atoms with Crippen molar-refractivity contribution in [1.82, 2.24) is 15.2 Å². The molecule has 2 aromatic heterocycles. The predicted octanol–water partition coefficient (Wildman–Crippen LogP) is 1.68. The van der Waals surface area contributed by atoms with Crippen LogP contribution in [0.1, 0.15) is 20.8 Å². The highest BCUT2D eigenvalue weighted by Gasteiger charge is 2.26. The lowest BCUT2D eigenvalue weighted by atomic mass is 10.1. The number of para-hydroxylation sites is 1. The van der Waals surface area contributed by atoms with E-state index in [0.29, 0.717) is 11.0 Å². The van der Waals surface area contributed by atoms with Crippen molar-refractivity contribution in [1.29, 1.82) is 0 Å². The predicted molar refractivity (Wildman–Crippen MR) is 74.1 cm³/mol. The molecule has 2 heterocycles. The van der Waals surface area contributed by atoms with Crippen molar-refractivity contribution >= 4 is 33.9 Å². The van der Waals surface area contributed by atoms with Crippen molar-refractivity contribution in [2.75, 3.05) is 14.2 Å². The number of carbonyl (C=O) groups excluding carboxylic acids is 2. The first-order chi connectivity index (χ1) is 10.2. The van der Waals surface area contributed by atoms with E-state index in [1.807, 2.05) is 24.3 Å². The molecule has 0 aliphatic carbocycles. The van der Waals surface area contributed by atoms with Crippen LogP contribution in [0, 0.1) is 0 Å². The topological polar surface area (TPSA) is 94.2 Å². The van der Waals surface area contributed by atoms with E-state index in [-0.39, 0.29) is 11.3 Å². The number of aromatic amines is 1. The summed E-state index contributed by atoms with van der Waals surface area (Å²) in [6, 6.07) is 7.39. The second kappa shape index (κ2) is 4.86. The lowest BCUT2D eigenvalue weighted by Crippen LogP contribution is -2.15. The Kier molecular flexibility index (Phi) is 3.02. The lowest BCUT2D eigenvalue weighted by Gasteiger charge is -2.05. The van der Waals surface area contributed by atoms with Crippen molar-refractivity contribution in [2.45, 2.75) is 0 Å². The Balaban J connectivity index is 2.43. The summed E-state index contributed by atoms with van der Waals surface area (Å²) < 4.78 is 9.37. The van der Waals surface area contributed by atoms with E-state index < -0.39 is 11.9 Å². The first-order valence-corrected chi connectivity index (χ1v) is 6.11. The Morgan fingerprint density at radius 1 is 1.05 bits per heavy atom. The third-order valence-corrected chi connectivity index (χ3v) is 3.18. The fourth-order valence-electron chi connectivity index (χ4n) is 2.22. The van der Waals surface area contributed by atoms with Gasteiger partial charge in [0.05, 0.1) is 19.7 Å². The van der Waals surface area contributed by atoms with Crippen molar-refractivity contribution in [3.05, 3.63) is 35.5 Å². The first kappa shape index (κ1) is 13.0. The van der Waals surface area contributed by atoms with Crippen LogP contribution in [0.5, 0.6) is 0 Å². The van der Waals surface area contributed by atoms with Crippen molar-refractivity contribution in [3.63, 3.8) is 0 Å². The Morgan fingerprint density at radius 2 is 1.76 bits per heavy atom. The first-order valence-electron chi connectivity index (χ1n) is 6.11. The molecule has 7 heteroatoms. The number of benzene rings is 1. The summed E-state index contributed by atoms with van der Waals surface area (Å²) in [6.07, 6.45) is 0. The molecule has 3 rings (SSSR count). The molecule has 7 nitrogen and oxygen atoms in total. The summed E-state index contributed by atoms with van der Waals surface area (Å²) in [7, 11) is 2.44. The number of nitrogens with one attached hydrogen (secondary N) is 1. The largest absolute Gasteiger partial charge is 0.465 e. The van der Waals surface area contributed by atoms with Crippen LogP contribution in [0.4, 0.5) is 0 Å². The minimum atomic E-state index is -0.747. The highest BCUT2D eigenvalue weighted by atomic mass is 16.5. The number of hydrogen-bond donors (Lipinski definition) is 1. The maximum absolute atomic E-state index is 12.0. The molecule has 0 saturated heterocycles. The number of hydrogen-bond acceptors (Lipinski definition) is 6. The standard InChI is InChI=1S/C14H11N3O4/c1-20-13(18)9-11-10(16-17-12(9)14(19)21-2)7-5-3-4-6-8(7)15-11/h3-6,15H,1-2H3. The molecule has 0 spiro atoms. The van der Waals surface area contributed by atoms with Crippen LogP contribution in [0.3, 0.4) is 0 Å². The summed E-state index contributed by atoms with van der Waals surface area (Å²) in [5.41, 5.74) is 1.53. The summed E-state index contributed by atoms with van der Waals surface area (Å²) in [4.78, 5) is 26.9. The number of ether oxygens (including phenoxy) is 2. The number of methoxy groups -OCH3 is 2. The van der Waals surface area contributed by atoms with E-state index in [9.17, 15) is 9.59 Å². The highest BCUT2D eigenvalue weighted by Crippen LogP contribution is 2.27. The van der Waals surface area contributed by atoms with Gasteiger partial charge in [-0.1, -0.05) is 18.2 Å². The number of H-pyrrole nitrogens is 1. The fraction of sp³-hybridized carbons (Fsp3) is 0.143. The third-order valence-electron chi connectivity index (χ3n) is 3.18. The highest BCUT2D eigenvalue weighted by molar-refractivity contribution is 6.15. The Morgan fingerprint density at radius 3 is 2.48 bits per heavy atom. The van der Waals surface area contributed by atoms with Gasteiger partial charge < -0.3 is 14.5 Å². The summed E-state index contributed by atoms with van der Waals surface area (Å²) in [6.45, 7) is 0. The number of rotatable bonds is 2. The van der Waals surface area contributed by atoms with Crippen LogP contribution in [0.15, 0.2) is 24.3 Å². The van der Waals surface area contributed by atoms with Crippen LogP contribution in [0.2, 0.25) is 0 Å². The maximum Gasteiger partial charge on any atom is 0.359 e. The van der Waals surface area contributed by atoms with Gasteiger partial charge in [-0.05, 0) is 6.07 Å². The zero-order valence-electron chi connectivity index (χ0n) is 11.3. The van der Waals surface area contributed by atoms with E-state index >= 15 is 0 Å². The third kappa shape index (κ3) is 1.90. The van der Waals surface area contributed by atoms with E-state index in [0.717, 1.165) is 10.9 Å². The van der Waals surface area contributed by atoms with Crippen LogP contribution in [0.25, 0.3) is 21.9 Å². The van der Waals surface area contributed by atoms with Gasteiger partial charge in [0.25, 0.3) is 0 Å². The van der Waals surface area contributed by atoms with Gasteiger partial charge in [0.1, 0.15) is 11.1 Å². The molecule has 0 saturated carbocycles. The van der Waals surface area contributed by atoms with E-state index in [2.05, 4.69) is 19.9 Å². The van der Waals surface area contributed by atoms with Gasteiger partial charge >= 0.3 is 11.9 Å². The molecule has 0 radical (unpaired) electrons. The SMILES string of the molecule is COC(=O)c1nnc2c([nH]c3ccccc32)c1C(=O)OC. The van der Waals surface area contributed by atoms with Crippen LogP contribution in [-0.4, -0.2) is 41.3 Å². The maximum atomic E-state index is 12.0. The van der Waals surface area contributed by atoms with E-state index in [1.165, 1.54) is 14.2 Å². The number of esters is 2. The molecule has 0 bridgehead atoms. The van der Waals surface area contributed by atoms with Crippen molar-refractivity contribution in [2.24, 2.45) is 0 Å². The minimum absolute atomic E-state index is 0.0190. The van der Waals surface area contributed by atoms with Gasteiger partial charge in [0, 0.05) is 10.9 Å². The van der Waals surface area contributed by atoms with Crippen molar-refractivity contribution in [3.8, 4) is 0 Å². The van der Waals surface area contributed by atoms with Gasteiger partial charge in [0.2, 0.25) is 0 Å². The average Bonchev–Trinajstić information content (AvgIpc) is 2.91. The Bertz CT molecular complexity index is 869. The zero-order valence-corrected chi connectivity index (χ0v) is 11.3. The van der Waals surface area contributed by atoms with Crippen molar-refractivity contribution < 1.29 is 19.1 Å². The molecule has 21 heavy (non-hydrogen) atoms. The normalized spacial score (nSPS) is 10.8.